The Hall–Kier alpha value is -1.85. The van der Waals surface area contributed by atoms with Crippen molar-refractivity contribution in [2.24, 2.45) is 5.84 Å². The first kappa shape index (κ1) is 15.5. The van der Waals surface area contributed by atoms with E-state index in [0.29, 0.717) is 6.61 Å². The van der Waals surface area contributed by atoms with Crippen LogP contribution in [0.2, 0.25) is 0 Å². The third-order valence-electron chi connectivity index (χ3n) is 3.53. The summed E-state index contributed by atoms with van der Waals surface area (Å²) in [6.45, 7) is 5.72. The molecule has 0 bridgehead atoms. The SMILES string of the molecule is CCn1ccnc1CC(CCOc1cccc(C)c1)NN. The maximum atomic E-state index is 5.77. The largest absolute Gasteiger partial charge is 0.494 e. The van der Waals surface area contributed by atoms with Gasteiger partial charge in [0.2, 0.25) is 0 Å². The predicted molar refractivity (Wildman–Crippen MR) is 84.0 cm³/mol. The molecular formula is C16H24N4O. The molecule has 0 aliphatic rings. The third kappa shape index (κ3) is 4.58. The van der Waals surface area contributed by atoms with Crippen LogP contribution < -0.4 is 16.0 Å². The molecule has 5 nitrogen and oxygen atoms in total. The van der Waals surface area contributed by atoms with Crippen LogP contribution in [0.5, 0.6) is 5.75 Å². The van der Waals surface area contributed by atoms with Crippen LogP contribution in [0.25, 0.3) is 0 Å². The fraction of sp³-hybridized carbons (Fsp3) is 0.438. The number of rotatable bonds is 8. The van der Waals surface area contributed by atoms with Gasteiger partial charge in [-0.25, -0.2) is 4.98 Å². The molecule has 21 heavy (non-hydrogen) atoms. The summed E-state index contributed by atoms with van der Waals surface area (Å²) in [5.74, 6) is 7.60. The summed E-state index contributed by atoms with van der Waals surface area (Å²) in [5.41, 5.74) is 4.06. The smallest absolute Gasteiger partial charge is 0.119 e. The number of aryl methyl sites for hydroxylation is 2. The van der Waals surface area contributed by atoms with Gasteiger partial charge in [-0.05, 0) is 38.0 Å². The normalized spacial score (nSPS) is 12.3. The second kappa shape index (κ2) is 7.81. The molecule has 5 heteroatoms. The van der Waals surface area contributed by atoms with E-state index in [1.807, 2.05) is 30.6 Å². The Kier molecular flexibility index (Phi) is 5.78. The van der Waals surface area contributed by atoms with E-state index in [0.717, 1.165) is 31.0 Å². The minimum Gasteiger partial charge on any atom is -0.494 e. The van der Waals surface area contributed by atoms with E-state index < -0.39 is 0 Å². The van der Waals surface area contributed by atoms with Crippen LogP contribution in [0, 0.1) is 6.92 Å². The molecule has 2 rings (SSSR count). The molecule has 0 fully saturated rings. The molecule has 0 spiro atoms. The lowest BCUT2D eigenvalue weighted by Gasteiger charge is -2.16. The van der Waals surface area contributed by atoms with Gasteiger partial charge in [0.05, 0.1) is 6.61 Å². The molecule has 3 N–H and O–H groups in total. The first-order chi connectivity index (χ1) is 10.2. The van der Waals surface area contributed by atoms with Crippen LogP contribution in [0.15, 0.2) is 36.7 Å². The molecular weight excluding hydrogens is 264 g/mol. The summed E-state index contributed by atoms with van der Waals surface area (Å²) >= 11 is 0. The van der Waals surface area contributed by atoms with E-state index in [9.17, 15) is 0 Å². The molecule has 0 aliphatic heterocycles. The number of nitrogens with one attached hydrogen (secondary N) is 1. The molecule has 2 aromatic rings. The van der Waals surface area contributed by atoms with Crippen molar-refractivity contribution in [3.8, 4) is 5.75 Å². The highest BCUT2D eigenvalue weighted by atomic mass is 16.5. The zero-order chi connectivity index (χ0) is 15.1. The van der Waals surface area contributed by atoms with Crippen molar-refractivity contribution in [1.29, 1.82) is 0 Å². The monoisotopic (exact) mass is 288 g/mol. The van der Waals surface area contributed by atoms with E-state index in [1.165, 1.54) is 5.56 Å². The molecule has 0 amide bonds. The lowest BCUT2D eigenvalue weighted by atomic mass is 10.1. The highest BCUT2D eigenvalue weighted by Crippen LogP contribution is 2.13. The Labute approximate surface area is 126 Å². The quantitative estimate of drug-likeness (QED) is 0.576. The zero-order valence-electron chi connectivity index (χ0n) is 12.7. The molecule has 0 saturated heterocycles. The number of hydrogen-bond donors (Lipinski definition) is 2. The first-order valence-corrected chi connectivity index (χ1v) is 7.38. The Balaban J connectivity index is 1.82. The maximum absolute atomic E-state index is 5.77. The molecule has 1 atom stereocenters. The first-order valence-electron chi connectivity index (χ1n) is 7.38. The minimum absolute atomic E-state index is 0.155. The van der Waals surface area contributed by atoms with Gasteiger partial charge < -0.3 is 9.30 Å². The second-order valence-electron chi connectivity index (χ2n) is 5.15. The topological polar surface area (TPSA) is 65.1 Å². The summed E-state index contributed by atoms with van der Waals surface area (Å²) in [7, 11) is 0. The van der Waals surface area contributed by atoms with E-state index in [-0.39, 0.29) is 6.04 Å². The van der Waals surface area contributed by atoms with Gasteiger partial charge in [0.15, 0.2) is 0 Å². The number of aromatic nitrogens is 2. The fourth-order valence-corrected chi connectivity index (χ4v) is 2.31. The van der Waals surface area contributed by atoms with Crippen LogP contribution in [0.3, 0.4) is 0 Å². The van der Waals surface area contributed by atoms with Gasteiger partial charge in [-0.3, -0.25) is 11.3 Å². The summed E-state index contributed by atoms with van der Waals surface area (Å²) in [6, 6.07) is 8.22. The van der Waals surface area contributed by atoms with Gasteiger partial charge in [0.25, 0.3) is 0 Å². The van der Waals surface area contributed by atoms with Crippen molar-refractivity contribution in [2.75, 3.05) is 6.61 Å². The van der Waals surface area contributed by atoms with Crippen molar-refractivity contribution >= 4 is 0 Å². The van der Waals surface area contributed by atoms with Crippen molar-refractivity contribution in [3.05, 3.63) is 48.0 Å². The number of nitrogens with two attached hydrogens (primary N) is 1. The van der Waals surface area contributed by atoms with Crippen LogP contribution in [0.1, 0.15) is 24.7 Å². The molecule has 0 saturated carbocycles. The molecule has 1 unspecified atom stereocenters. The highest BCUT2D eigenvalue weighted by Gasteiger charge is 2.11. The zero-order valence-corrected chi connectivity index (χ0v) is 12.7. The van der Waals surface area contributed by atoms with Gasteiger partial charge in [0, 0.05) is 31.4 Å². The lowest BCUT2D eigenvalue weighted by molar-refractivity contribution is 0.283. The average Bonchev–Trinajstić information content (AvgIpc) is 2.93. The number of imidazole rings is 1. The van der Waals surface area contributed by atoms with E-state index in [2.05, 4.69) is 34.9 Å². The third-order valence-corrected chi connectivity index (χ3v) is 3.53. The predicted octanol–water partition coefficient (Wildman–Crippen LogP) is 2.05. The number of hydrogen-bond acceptors (Lipinski definition) is 4. The van der Waals surface area contributed by atoms with Gasteiger partial charge in [-0.15, -0.1) is 0 Å². The van der Waals surface area contributed by atoms with E-state index in [1.54, 1.807) is 0 Å². The lowest BCUT2D eigenvalue weighted by Crippen LogP contribution is -2.38. The van der Waals surface area contributed by atoms with Crippen LogP contribution in [-0.2, 0) is 13.0 Å². The molecule has 0 radical (unpaired) electrons. The number of hydrazine groups is 1. The number of benzene rings is 1. The minimum atomic E-state index is 0.155. The van der Waals surface area contributed by atoms with Gasteiger partial charge in [-0.2, -0.15) is 0 Å². The molecule has 0 aliphatic carbocycles. The summed E-state index contributed by atoms with van der Waals surface area (Å²) < 4.78 is 7.90. The number of nitrogens with zero attached hydrogens (tertiary/aromatic N) is 2. The highest BCUT2D eigenvalue weighted by molar-refractivity contribution is 5.27. The fourth-order valence-electron chi connectivity index (χ4n) is 2.31. The summed E-state index contributed by atoms with van der Waals surface area (Å²) in [6.07, 6.45) is 5.46. The Morgan fingerprint density at radius 2 is 2.29 bits per heavy atom. The summed E-state index contributed by atoms with van der Waals surface area (Å²) in [5, 5.41) is 0. The van der Waals surface area contributed by atoms with Crippen LogP contribution in [-0.4, -0.2) is 22.2 Å². The van der Waals surface area contributed by atoms with Gasteiger partial charge >= 0.3 is 0 Å². The van der Waals surface area contributed by atoms with E-state index >= 15 is 0 Å². The average molecular weight is 288 g/mol. The van der Waals surface area contributed by atoms with Crippen LogP contribution in [0.4, 0.5) is 0 Å². The van der Waals surface area contributed by atoms with Gasteiger partial charge in [0.1, 0.15) is 11.6 Å². The Bertz CT molecular complexity index is 553. The van der Waals surface area contributed by atoms with E-state index in [4.69, 9.17) is 10.6 Å². The Morgan fingerprint density at radius 1 is 1.43 bits per heavy atom. The molecule has 1 aromatic carbocycles. The standard InChI is InChI=1S/C16H24N4O/c1-3-20-9-8-18-16(20)12-14(19-17)7-10-21-15-6-4-5-13(2)11-15/h4-6,8-9,11,14,19H,3,7,10,12,17H2,1-2H3. The Morgan fingerprint density at radius 3 is 3.00 bits per heavy atom. The second-order valence-corrected chi connectivity index (χ2v) is 5.15. The molecule has 1 aromatic heterocycles. The van der Waals surface area contributed by atoms with Crippen molar-refractivity contribution in [3.63, 3.8) is 0 Å². The summed E-state index contributed by atoms with van der Waals surface area (Å²) in [4.78, 5) is 4.38. The maximum Gasteiger partial charge on any atom is 0.119 e. The molecule has 1 heterocycles. The van der Waals surface area contributed by atoms with Crippen molar-refractivity contribution < 1.29 is 4.74 Å². The van der Waals surface area contributed by atoms with Gasteiger partial charge in [-0.1, -0.05) is 12.1 Å². The van der Waals surface area contributed by atoms with Crippen molar-refractivity contribution in [2.45, 2.75) is 39.3 Å². The molecule has 114 valence electrons. The van der Waals surface area contributed by atoms with Crippen molar-refractivity contribution in [1.82, 2.24) is 15.0 Å². The number of ether oxygens (including phenoxy) is 1. The van der Waals surface area contributed by atoms with Crippen LogP contribution >= 0.6 is 0 Å².